The molecular weight excluding hydrogens is 304 g/mol. The molecule has 4 saturated heterocycles. The molecule has 4 aliphatic heterocycles. The molecular formula is C14H26N4O3S. The van der Waals surface area contributed by atoms with Crippen LogP contribution in [0.15, 0.2) is 0 Å². The van der Waals surface area contributed by atoms with Crippen molar-refractivity contribution in [3.05, 3.63) is 0 Å². The summed E-state index contributed by atoms with van der Waals surface area (Å²) in [6.45, 7) is 6.22. The zero-order chi connectivity index (χ0) is 15.6. The maximum Gasteiger partial charge on any atom is 0.238 e. The second-order valence-corrected chi connectivity index (χ2v) is 8.51. The van der Waals surface area contributed by atoms with E-state index in [1.165, 1.54) is 0 Å². The predicted octanol–water partition coefficient (Wildman–Crippen LogP) is -1.08. The molecule has 1 amide bonds. The second-order valence-electron chi connectivity index (χ2n) is 6.42. The number of nitrogens with zero attached hydrogens (tertiary/aromatic N) is 3. The number of nitrogens with one attached hydrogen (secondary N) is 1. The molecule has 0 aromatic rings. The van der Waals surface area contributed by atoms with Crippen molar-refractivity contribution in [2.75, 3.05) is 58.1 Å². The van der Waals surface area contributed by atoms with E-state index in [1.807, 2.05) is 0 Å². The van der Waals surface area contributed by atoms with Gasteiger partial charge in [0, 0.05) is 45.8 Å². The largest absolute Gasteiger partial charge is 0.354 e. The van der Waals surface area contributed by atoms with Crippen molar-refractivity contribution >= 4 is 15.9 Å². The lowest BCUT2D eigenvalue weighted by Gasteiger charge is -2.36. The van der Waals surface area contributed by atoms with Crippen molar-refractivity contribution in [1.82, 2.24) is 19.4 Å². The molecule has 22 heavy (non-hydrogen) atoms. The first-order valence-electron chi connectivity index (χ1n) is 8.28. The van der Waals surface area contributed by atoms with E-state index in [0.717, 1.165) is 52.0 Å². The first kappa shape index (κ1) is 16.2. The van der Waals surface area contributed by atoms with Crippen LogP contribution in [0.2, 0.25) is 0 Å². The van der Waals surface area contributed by atoms with Gasteiger partial charge in [-0.05, 0) is 25.8 Å². The number of amides is 1. The number of piperazine rings is 1. The van der Waals surface area contributed by atoms with Crippen LogP contribution in [0.25, 0.3) is 0 Å². The van der Waals surface area contributed by atoms with Crippen LogP contribution in [0.1, 0.15) is 19.3 Å². The third-order valence-electron chi connectivity index (χ3n) is 4.92. The van der Waals surface area contributed by atoms with Crippen molar-refractivity contribution in [2.24, 2.45) is 0 Å². The van der Waals surface area contributed by atoms with Gasteiger partial charge in [0.1, 0.15) is 6.04 Å². The van der Waals surface area contributed by atoms with Crippen LogP contribution in [0, 0.1) is 0 Å². The van der Waals surface area contributed by atoms with E-state index in [4.69, 9.17) is 0 Å². The molecule has 8 heteroatoms. The van der Waals surface area contributed by atoms with Crippen molar-refractivity contribution in [3.8, 4) is 0 Å². The highest BCUT2D eigenvalue weighted by Crippen LogP contribution is 2.16. The summed E-state index contributed by atoms with van der Waals surface area (Å²) in [4.78, 5) is 16.9. The SMILES string of the molecule is O=C(NCCS(=O)(=O)N1CCCC1)C1CN2CCCN1CC2. The van der Waals surface area contributed by atoms with E-state index in [1.54, 1.807) is 4.31 Å². The average Bonchev–Trinajstić information content (AvgIpc) is 2.86. The summed E-state index contributed by atoms with van der Waals surface area (Å²) in [6.07, 6.45) is 2.99. The average molecular weight is 330 g/mol. The van der Waals surface area contributed by atoms with Crippen LogP contribution >= 0.6 is 0 Å². The number of carbonyl (C=O) groups is 1. The van der Waals surface area contributed by atoms with Gasteiger partial charge in [-0.25, -0.2) is 12.7 Å². The minimum Gasteiger partial charge on any atom is -0.354 e. The predicted molar refractivity (Wildman–Crippen MR) is 84.0 cm³/mol. The van der Waals surface area contributed by atoms with Gasteiger partial charge in [0.2, 0.25) is 15.9 Å². The monoisotopic (exact) mass is 330 g/mol. The highest BCUT2D eigenvalue weighted by molar-refractivity contribution is 7.89. The molecule has 2 bridgehead atoms. The Balaban J connectivity index is 1.48. The molecule has 0 aromatic carbocycles. The van der Waals surface area contributed by atoms with Crippen LogP contribution in [-0.2, 0) is 14.8 Å². The molecule has 0 saturated carbocycles. The Hall–Kier alpha value is -0.700. The highest BCUT2D eigenvalue weighted by atomic mass is 32.2. The summed E-state index contributed by atoms with van der Waals surface area (Å²) < 4.78 is 25.8. The number of fused-ring (bicyclic) bond motifs is 4. The molecule has 0 aliphatic carbocycles. The van der Waals surface area contributed by atoms with Gasteiger partial charge in [0.05, 0.1) is 5.75 Å². The topological polar surface area (TPSA) is 73.0 Å². The molecule has 7 nitrogen and oxygen atoms in total. The fraction of sp³-hybridized carbons (Fsp3) is 0.929. The van der Waals surface area contributed by atoms with E-state index < -0.39 is 10.0 Å². The maximum atomic E-state index is 12.4. The number of hydrogen-bond acceptors (Lipinski definition) is 5. The fourth-order valence-electron chi connectivity index (χ4n) is 3.61. The van der Waals surface area contributed by atoms with Crippen molar-refractivity contribution in [1.29, 1.82) is 0 Å². The van der Waals surface area contributed by atoms with Gasteiger partial charge in [-0.15, -0.1) is 0 Å². The maximum absolute atomic E-state index is 12.4. The summed E-state index contributed by atoms with van der Waals surface area (Å²) in [5.41, 5.74) is 0. The first-order chi connectivity index (χ1) is 10.6. The third kappa shape index (κ3) is 3.61. The summed E-state index contributed by atoms with van der Waals surface area (Å²) in [6, 6.07) is -0.120. The zero-order valence-electron chi connectivity index (χ0n) is 13.0. The molecule has 0 radical (unpaired) electrons. The van der Waals surface area contributed by atoms with E-state index >= 15 is 0 Å². The molecule has 0 aromatic heterocycles. The zero-order valence-corrected chi connectivity index (χ0v) is 13.9. The molecule has 3 unspecified atom stereocenters. The Morgan fingerprint density at radius 1 is 1.00 bits per heavy atom. The Morgan fingerprint density at radius 2 is 1.77 bits per heavy atom. The molecule has 4 aliphatic rings. The molecule has 3 atom stereocenters. The number of carbonyl (C=O) groups excluding carboxylic acids is 1. The van der Waals surface area contributed by atoms with E-state index in [9.17, 15) is 13.2 Å². The van der Waals surface area contributed by atoms with Gasteiger partial charge in [-0.3, -0.25) is 14.6 Å². The summed E-state index contributed by atoms with van der Waals surface area (Å²) >= 11 is 0. The van der Waals surface area contributed by atoms with Gasteiger partial charge in [-0.1, -0.05) is 0 Å². The van der Waals surface area contributed by atoms with Gasteiger partial charge in [0.15, 0.2) is 0 Å². The first-order valence-corrected chi connectivity index (χ1v) is 9.89. The van der Waals surface area contributed by atoms with Crippen molar-refractivity contribution in [2.45, 2.75) is 25.3 Å². The summed E-state index contributed by atoms with van der Waals surface area (Å²) in [5.74, 6) is -0.0157. The molecule has 4 heterocycles. The number of rotatable bonds is 5. The molecule has 0 spiro atoms. The minimum absolute atomic E-state index is 0.00910. The third-order valence-corrected chi connectivity index (χ3v) is 6.79. The quantitative estimate of drug-likeness (QED) is 0.694. The molecule has 4 fully saturated rings. The smallest absolute Gasteiger partial charge is 0.238 e. The van der Waals surface area contributed by atoms with Gasteiger partial charge in [0.25, 0.3) is 0 Å². The van der Waals surface area contributed by atoms with Gasteiger partial charge in [-0.2, -0.15) is 0 Å². The molecule has 126 valence electrons. The Bertz CT molecular complexity index is 500. The second kappa shape index (κ2) is 6.82. The standard InChI is InChI=1S/C14H26N4O3S/c19-14(13-12-16-5-3-6-17(13)10-9-16)15-4-11-22(20,21)18-7-1-2-8-18/h13H,1-12H2,(H,15,19). The van der Waals surface area contributed by atoms with Gasteiger partial charge < -0.3 is 5.32 Å². The summed E-state index contributed by atoms with van der Waals surface area (Å²) in [5, 5.41) is 2.83. The highest BCUT2D eigenvalue weighted by Gasteiger charge is 2.34. The van der Waals surface area contributed by atoms with Crippen LogP contribution in [0.4, 0.5) is 0 Å². The van der Waals surface area contributed by atoms with Crippen molar-refractivity contribution in [3.63, 3.8) is 0 Å². The lowest BCUT2D eigenvalue weighted by molar-refractivity contribution is -0.127. The van der Waals surface area contributed by atoms with Crippen LogP contribution < -0.4 is 5.32 Å². The normalized spacial score (nSPS) is 32.8. The lowest BCUT2D eigenvalue weighted by Crippen LogP contribution is -2.57. The van der Waals surface area contributed by atoms with Crippen molar-refractivity contribution < 1.29 is 13.2 Å². The number of sulfonamides is 1. The van der Waals surface area contributed by atoms with E-state index in [2.05, 4.69) is 15.1 Å². The fourth-order valence-corrected chi connectivity index (χ4v) is 5.04. The van der Waals surface area contributed by atoms with Crippen LogP contribution in [0.3, 0.4) is 0 Å². The Labute approximate surface area is 132 Å². The molecule has 4 rings (SSSR count). The molecule has 1 N–H and O–H groups in total. The summed E-state index contributed by atoms with van der Waals surface area (Å²) in [7, 11) is -3.21. The Morgan fingerprint density at radius 3 is 2.55 bits per heavy atom. The van der Waals surface area contributed by atoms with Crippen LogP contribution in [-0.4, -0.2) is 92.6 Å². The van der Waals surface area contributed by atoms with Gasteiger partial charge >= 0.3 is 0 Å². The Kier molecular flexibility index (Phi) is 5.01. The van der Waals surface area contributed by atoms with Crippen LogP contribution in [0.5, 0.6) is 0 Å². The van der Waals surface area contributed by atoms with E-state index in [-0.39, 0.29) is 24.2 Å². The minimum atomic E-state index is -3.21. The van der Waals surface area contributed by atoms with E-state index in [0.29, 0.717) is 13.1 Å². The number of hydrogen-bond donors (Lipinski definition) is 1. The lowest BCUT2D eigenvalue weighted by atomic mass is 10.1.